The van der Waals surface area contributed by atoms with Gasteiger partial charge in [0, 0.05) is 42.1 Å². The second-order valence-corrected chi connectivity index (χ2v) is 9.32. The Morgan fingerprint density at radius 2 is 1.91 bits per heavy atom. The zero-order chi connectivity index (χ0) is 22.5. The summed E-state index contributed by atoms with van der Waals surface area (Å²) in [4.78, 5) is 31.1. The Hall–Kier alpha value is -2.91. The summed E-state index contributed by atoms with van der Waals surface area (Å²) in [6.45, 7) is 0.867. The standard InChI is InChI=1S/C22H22ClFN4O4/c23-16-2-1-15(6-17(16)24)32-9-19(30)26-21-10-22(11-21,12-21)27-20(31)18-5-13(3-4-25-18)28-7-14(29)8-28/h1-6,14,29H,7-12H2,(H,26,30)(H,27,31). The van der Waals surface area contributed by atoms with E-state index in [0.29, 0.717) is 38.0 Å². The van der Waals surface area contributed by atoms with Gasteiger partial charge in [0.05, 0.1) is 11.1 Å². The van der Waals surface area contributed by atoms with Crippen molar-refractivity contribution in [1.29, 1.82) is 0 Å². The summed E-state index contributed by atoms with van der Waals surface area (Å²) in [5.41, 5.74) is 0.532. The molecule has 3 N–H and O–H groups in total. The first kappa shape index (κ1) is 21.0. The number of halogens is 2. The first-order valence-corrected chi connectivity index (χ1v) is 10.7. The number of nitrogens with one attached hydrogen (secondary N) is 2. The molecule has 6 rings (SSSR count). The molecule has 1 aromatic heterocycles. The minimum Gasteiger partial charge on any atom is -0.484 e. The molecule has 168 valence electrons. The number of carbonyl (C=O) groups is 2. The van der Waals surface area contributed by atoms with Crippen LogP contribution in [0, 0.1) is 5.82 Å². The van der Waals surface area contributed by atoms with Crippen molar-refractivity contribution in [3.8, 4) is 5.75 Å². The van der Waals surface area contributed by atoms with Crippen molar-refractivity contribution in [2.75, 3.05) is 24.6 Å². The Balaban J connectivity index is 1.09. The molecule has 0 radical (unpaired) electrons. The Morgan fingerprint density at radius 3 is 2.59 bits per heavy atom. The molecular weight excluding hydrogens is 439 g/mol. The number of carbonyl (C=O) groups excluding carboxylic acids is 2. The number of pyridine rings is 1. The Bertz CT molecular complexity index is 1070. The monoisotopic (exact) mass is 460 g/mol. The van der Waals surface area contributed by atoms with Crippen molar-refractivity contribution < 1.29 is 23.8 Å². The topological polar surface area (TPSA) is 104 Å². The summed E-state index contributed by atoms with van der Waals surface area (Å²) in [6.07, 6.45) is 3.19. The van der Waals surface area contributed by atoms with Crippen molar-refractivity contribution >= 4 is 29.1 Å². The highest BCUT2D eigenvalue weighted by Gasteiger charge is 2.69. The molecule has 0 unspecified atom stereocenters. The van der Waals surface area contributed by atoms with Gasteiger partial charge in [0.1, 0.15) is 17.3 Å². The average molecular weight is 461 g/mol. The quantitative estimate of drug-likeness (QED) is 0.580. The number of benzene rings is 1. The van der Waals surface area contributed by atoms with E-state index in [-0.39, 0.29) is 46.4 Å². The molecule has 2 bridgehead atoms. The van der Waals surface area contributed by atoms with E-state index >= 15 is 0 Å². The van der Waals surface area contributed by atoms with Crippen LogP contribution in [0.15, 0.2) is 36.5 Å². The van der Waals surface area contributed by atoms with Crippen LogP contribution < -0.4 is 20.3 Å². The molecule has 1 aliphatic heterocycles. The lowest BCUT2D eigenvalue weighted by molar-refractivity contribution is -0.141. The van der Waals surface area contributed by atoms with Crippen molar-refractivity contribution in [3.63, 3.8) is 0 Å². The maximum atomic E-state index is 13.4. The molecule has 3 saturated carbocycles. The van der Waals surface area contributed by atoms with E-state index in [1.807, 2.05) is 11.0 Å². The lowest BCUT2D eigenvalue weighted by Crippen LogP contribution is -2.84. The zero-order valence-corrected chi connectivity index (χ0v) is 17.9. The molecule has 1 saturated heterocycles. The summed E-state index contributed by atoms with van der Waals surface area (Å²) in [5.74, 6) is -0.929. The SMILES string of the molecule is O=C(COc1ccc(Cl)c(F)c1)NC12CC(NC(=O)c3cc(N4CC(O)C4)ccn3)(C1)C2. The average Bonchev–Trinajstić information content (AvgIpc) is 2.70. The van der Waals surface area contributed by atoms with Crippen molar-refractivity contribution in [1.82, 2.24) is 15.6 Å². The van der Waals surface area contributed by atoms with Crippen LogP contribution in [0.4, 0.5) is 10.1 Å². The molecule has 0 atom stereocenters. The number of nitrogens with zero attached hydrogens (tertiary/aromatic N) is 2. The predicted octanol–water partition coefficient (Wildman–Crippen LogP) is 1.66. The molecule has 3 aliphatic carbocycles. The number of aromatic nitrogens is 1. The van der Waals surface area contributed by atoms with Crippen LogP contribution in [0.5, 0.6) is 5.75 Å². The highest BCUT2D eigenvalue weighted by molar-refractivity contribution is 6.30. The molecule has 2 heterocycles. The van der Waals surface area contributed by atoms with E-state index in [1.165, 1.54) is 12.1 Å². The maximum absolute atomic E-state index is 13.4. The summed E-state index contributed by atoms with van der Waals surface area (Å²) < 4.78 is 18.8. The number of anilines is 1. The Kier molecular flexibility index (Phi) is 4.98. The summed E-state index contributed by atoms with van der Waals surface area (Å²) in [5, 5.41) is 15.5. The lowest BCUT2D eigenvalue weighted by Gasteiger charge is -2.70. The van der Waals surface area contributed by atoms with E-state index < -0.39 is 5.82 Å². The first-order chi connectivity index (χ1) is 15.2. The van der Waals surface area contributed by atoms with Gasteiger partial charge in [-0.2, -0.15) is 0 Å². The van der Waals surface area contributed by atoms with Gasteiger partial charge in [0.25, 0.3) is 11.8 Å². The molecule has 10 heteroatoms. The Labute approximate surface area is 188 Å². The summed E-state index contributed by atoms with van der Waals surface area (Å²) in [7, 11) is 0. The second-order valence-electron chi connectivity index (χ2n) is 8.92. The van der Waals surface area contributed by atoms with Gasteiger partial charge in [0.2, 0.25) is 0 Å². The minimum absolute atomic E-state index is 0.00992. The zero-order valence-electron chi connectivity index (χ0n) is 17.1. The van der Waals surface area contributed by atoms with E-state index in [9.17, 15) is 19.1 Å². The third-order valence-corrected chi connectivity index (χ3v) is 6.58. The number of β-amino-alcohol motifs (C(OH)–C–C–N with tert-alkyl or cyclic N) is 1. The molecule has 0 spiro atoms. The van der Waals surface area contributed by atoms with Gasteiger partial charge in [0.15, 0.2) is 6.61 Å². The Morgan fingerprint density at radius 1 is 1.19 bits per heavy atom. The summed E-state index contributed by atoms with van der Waals surface area (Å²) >= 11 is 5.63. The van der Waals surface area contributed by atoms with Gasteiger partial charge in [-0.3, -0.25) is 14.6 Å². The number of rotatable bonds is 7. The van der Waals surface area contributed by atoms with Gasteiger partial charge in [-0.15, -0.1) is 0 Å². The smallest absolute Gasteiger partial charge is 0.270 e. The van der Waals surface area contributed by atoms with Crippen molar-refractivity contribution in [2.45, 2.75) is 36.4 Å². The van der Waals surface area contributed by atoms with Crippen LogP contribution in [0.25, 0.3) is 0 Å². The number of hydrogen-bond acceptors (Lipinski definition) is 6. The highest BCUT2D eigenvalue weighted by Crippen LogP contribution is 2.60. The van der Waals surface area contributed by atoms with Gasteiger partial charge < -0.3 is 25.4 Å². The number of aliphatic hydroxyl groups is 1. The second kappa shape index (κ2) is 7.60. The van der Waals surface area contributed by atoms with Crippen LogP contribution in [-0.2, 0) is 4.79 Å². The van der Waals surface area contributed by atoms with Crippen LogP contribution in [0.3, 0.4) is 0 Å². The third-order valence-electron chi connectivity index (χ3n) is 6.28. The molecular formula is C22H22ClFN4O4. The van der Waals surface area contributed by atoms with Gasteiger partial charge in [-0.05, 0) is 43.5 Å². The van der Waals surface area contributed by atoms with Crippen molar-refractivity contribution in [2.24, 2.45) is 0 Å². The minimum atomic E-state index is -0.607. The first-order valence-electron chi connectivity index (χ1n) is 10.4. The molecule has 32 heavy (non-hydrogen) atoms. The molecule has 4 aliphatic rings. The van der Waals surface area contributed by atoms with Crippen LogP contribution >= 0.6 is 11.6 Å². The van der Waals surface area contributed by atoms with Crippen LogP contribution in [-0.4, -0.2) is 58.8 Å². The fourth-order valence-corrected chi connectivity index (χ4v) is 4.93. The molecule has 1 aromatic carbocycles. The van der Waals surface area contributed by atoms with Gasteiger partial charge >= 0.3 is 0 Å². The van der Waals surface area contributed by atoms with Gasteiger partial charge in [-0.25, -0.2) is 4.39 Å². The lowest BCUT2D eigenvalue weighted by atomic mass is 9.44. The molecule has 2 aromatic rings. The third kappa shape index (κ3) is 3.86. The van der Waals surface area contributed by atoms with E-state index in [2.05, 4.69) is 15.6 Å². The largest absolute Gasteiger partial charge is 0.484 e. The van der Waals surface area contributed by atoms with E-state index in [4.69, 9.17) is 16.3 Å². The normalized spacial score (nSPS) is 25.8. The van der Waals surface area contributed by atoms with Crippen LogP contribution in [0.1, 0.15) is 29.8 Å². The van der Waals surface area contributed by atoms with Crippen molar-refractivity contribution in [3.05, 3.63) is 53.1 Å². The number of aliphatic hydroxyl groups excluding tert-OH is 1. The predicted molar refractivity (Wildman–Crippen MR) is 114 cm³/mol. The number of ether oxygens (including phenoxy) is 1. The summed E-state index contributed by atoms with van der Waals surface area (Å²) in [6, 6.07) is 7.54. The number of amides is 2. The number of hydrogen-bond donors (Lipinski definition) is 3. The van der Waals surface area contributed by atoms with E-state index in [1.54, 1.807) is 12.3 Å². The molecule has 2 amide bonds. The van der Waals surface area contributed by atoms with Gasteiger partial charge in [-0.1, -0.05) is 11.6 Å². The van der Waals surface area contributed by atoms with E-state index in [0.717, 1.165) is 11.8 Å². The molecule has 4 fully saturated rings. The fourth-order valence-electron chi connectivity index (χ4n) is 4.81. The highest BCUT2D eigenvalue weighted by atomic mass is 35.5. The fraction of sp³-hybridized carbons (Fsp3) is 0.409. The van der Waals surface area contributed by atoms with Crippen LogP contribution in [0.2, 0.25) is 5.02 Å². The molecule has 8 nitrogen and oxygen atoms in total. The maximum Gasteiger partial charge on any atom is 0.270 e.